The molecule has 0 saturated carbocycles. The van der Waals surface area contributed by atoms with Crippen molar-refractivity contribution in [2.24, 2.45) is 0 Å². The number of amides is 1. The second-order valence-corrected chi connectivity index (χ2v) is 6.17. The molecule has 0 bridgehead atoms. The Kier molecular flexibility index (Phi) is 7.43. The van der Waals surface area contributed by atoms with Crippen molar-refractivity contribution in [1.82, 2.24) is 15.5 Å². The van der Waals surface area contributed by atoms with Gasteiger partial charge in [-0.1, -0.05) is 26.0 Å². The summed E-state index contributed by atoms with van der Waals surface area (Å²) in [6.45, 7) is 7.38. The molecular formula is C18H26F3N3O2. The van der Waals surface area contributed by atoms with E-state index in [0.29, 0.717) is 19.7 Å². The average molecular weight is 373 g/mol. The van der Waals surface area contributed by atoms with Gasteiger partial charge in [-0.15, -0.1) is 0 Å². The van der Waals surface area contributed by atoms with Gasteiger partial charge in [0.1, 0.15) is 6.10 Å². The van der Waals surface area contributed by atoms with Gasteiger partial charge in [-0.25, -0.2) is 0 Å². The van der Waals surface area contributed by atoms with Gasteiger partial charge in [-0.05, 0) is 30.8 Å². The first kappa shape index (κ1) is 20.7. The summed E-state index contributed by atoms with van der Waals surface area (Å²) in [7, 11) is 0. The summed E-state index contributed by atoms with van der Waals surface area (Å²) in [6.07, 6.45) is -4.89. The minimum Gasteiger partial charge on any atom is -0.366 e. The maximum absolute atomic E-state index is 12.8. The lowest BCUT2D eigenvalue weighted by Gasteiger charge is -2.31. The van der Waals surface area contributed by atoms with Gasteiger partial charge in [-0.2, -0.15) is 13.2 Å². The van der Waals surface area contributed by atoms with E-state index in [1.807, 2.05) is 13.8 Å². The van der Waals surface area contributed by atoms with Gasteiger partial charge in [0.2, 0.25) is 0 Å². The largest absolute Gasteiger partial charge is 0.416 e. The molecule has 1 fully saturated rings. The Bertz CT molecular complexity index is 568. The summed E-state index contributed by atoms with van der Waals surface area (Å²) in [5, 5.41) is 5.97. The van der Waals surface area contributed by atoms with Crippen LogP contribution in [0.25, 0.3) is 0 Å². The standard InChI is InChI=1S/C18H26F3N3O2/c1-3-24(4-2)15(11-23-17(25)16-12-22-9-10-26-16)13-5-7-14(8-6-13)18(19,20)21/h5-8,15-16,22H,3-4,9-12H2,1-2H3,(H,23,25). The number of morpholine rings is 1. The number of halogens is 3. The van der Waals surface area contributed by atoms with Crippen molar-refractivity contribution >= 4 is 5.91 Å². The van der Waals surface area contributed by atoms with Crippen molar-refractivity contribution < 1.29 is 22.7 Å². The Labute approximate surface area is 151 Å². The summed E-state index contributed by atoms with van der Waals surface area (Å²) in [5.41, 5.74) is 0.0648. The van der Waals surface area contributed by atoms with E-state index in [4.69, 9.17) is 4.74 Å². The minimum atomic E-state index is -4.36. The van der Waals surface area contributed by atoms with Crippen LogP contribution in [0.2, 0.25) is 0 Å². The van der Waals surface area contributed by atoms with E-state index >= 15 is 0 Å². The molecule has 2 N–H and O–H groups in total. The fraction of sp³-hybridized carbons (Fsp3) is 0.611. The monoisotopic (exact) mass is 373 g/mol. The number of rotatable bonds is 7. The van der Waals surface area contributed by atoms with E-state index in [1.54, 1.807) is 0 Å². The Morgan fingerprint density at radius 2 is 1.96 bits per heavy atom. The van der Waals surface area contributed by atoms with E-state index in [-0.39, 0.29) is 11.9 Å². The molecule has 1 amide bonds. The zero-order valence-electron chi connectivity index (χ0n) is 15.1. The molecule has 1 saturated heterocycles. The van der Waals surface area contributed by atoms with Gasteiger partial charge in [0.05, 0.1) is 18.2 Å². The fourth-order valence-electron chi connectivity index (χ4n) is 3.06. The minimum absolute atomic E-state index is 0.201. The number of carbonyl (C=O) groups excluding carboxylic acids is 1. The van der Waals surface area contributed by atoms with Crippen molar-refractivity contribution in [1.29, 1.82) is 0 Å². The van der Waals surface area contributed by atoms with Crippen LogP contribution in [-0.4, -0.2) is 56.2 Å². The van der Waals surface area contributed by atoms with Crippen molar-refractivity contribution in [3.05, 3.63) is 35.4 Å². The number of carbonyl (C=O) groups is 1. The van der Waals surface area contributed by atoms with Gasteiger partial charge in [-0.3, -0.25) is 9.69 Å². The van der Waals surface area contributed by atoms with Crippen LogP contribution in [0.1, 0.15) is 31.0 Å². The fourth-order valence-corrected chi connectivity index (χ4v) is 3.06. The first-order chi connectivity index (χ1) is 12.4. The third-order valence-electron chi connectivity index (χ3n) is 4.57. The Balaban J connectivity index is 2.09. The summed E-state index contributed by atoms with van der Waals surface area (Å²) >= 11 is 0. The van der Waals surface area contributed by atoms with Gasteiger partial charge in [0.15, 0.2) is 0 Å². The maximum Gasteiger partial charge on any atom is 0.416 e. The summed E-state index contributed by atoms with van der Waals surface area (Å²) in [6, 6.07) is 4.93. The predicted molar refractivity (Wildman–Crippen MR) is 92.7 cm³/mol. The second-order valence-electron chi connectivity index (χ2n) is 6.17. The molecule has 2 atom stereocenters. The van der Waals surface area contributed by atoms with Crippen molar-refractivity contribution in [2.75, 3.05) is 39.3 Å². The molecule has 0 aromatic heterocycles. The van der Waals surface area contributed by atoms with Crippen LogP contribution >= 0.6 is 0 Å². The van der Waals surface area contributed by atoms with Crippen molar-refractivity contribution in [3.8, 4) is 0 Å². The van der Waals surface area contributed by atoms with Gasteiger partial charge in [0, 0.05) is 19.6 Å². The van der Waals surface area contributed by atoms with E-state index in [9.17, 15) is 18.0 Å². The summed E-state index contributed by atoms with van der Waals surface area (Å²) < 4.78 is 43.8. The molecule has 5 nitrogen and oxygen atoms in total. The molecule has 0 aliphatic carbocycles. The highest BCUT2D eigenvalue weighted by Gasteiger charge is 2.31. The third-order valence-corrected chi connectivity index (χ3v) is 4.57. The second kappa shape index (κ2) is 9.34. The van der Waals surface area contributed by atoms with Crippen molar-refractivity contribution in [3.63, 3.8) is 0 Å². The zero-order valence-corrected chi connectivity index (χ0v) is 15.1. The normalized spacial score (nSPS) is 19.4. The molecule has 2 rings (SSSR count). The summed E-state index contributed by atoms with van der Waals surface area (Å²) in [5.74, 6) is -0.207. The number of hydrogen-bond donors (Lipinski definition) is 2. The Morgan fingerprint density at radius 1 is 1.31 bits per heavy atom. The van der Waals surface area contributed by atoms with Crippen LogP contribution in [0.5, 0.6) is 0 Å². The van der Waals surface area contributed by atoms with Crippen LogP contribution in [0.4, 0.5) is 13.2 Å². The maximum atomic E-state index is 12.8. The molecule has 8 heteroatoms. The van der Waals surface area contributed by atoms with Gasteiger partial charge < -0.3 is 15.4 Å². The van der Waals surface area contributed by atoms with E-state index in [1.165, 1.54) is 12.1 Å². The van der Waals surface area contributed by atoms with Crippen LogP contribution in [0, 0.1) is 0 Å². The van der Waals surface area contributed by atoms with Crippen LogP contribution in [0.15, 0.2) is 24.3 Å². The number of nitrogens with zero attached hydrogens (tertiary/aromatic N) is 1. The SMILES string of the molecule is CCN(CC)C(CNC(=O)C1CNCCO1)c1ccc(C(F)(F)F)cc1. The lowest BCUT2D eigenvalue weighted by atomic mass is 10.0. The van der Waals surface area contributed by atoms with E-state index < -0.39 is 17.8 Å². The number of nitrogens with one attached hydrogen (secondary N) is 2. The first-order valence-electron chi connectivity index (χ1n) is 8.88. The molecule has 1 aromatic rings. The highest BCUT2D eigenvalue weighted by atomic mass is 19.4. The third kappa shape index (κ3) is 5.43. The Hall–Kier alpha value is -1.64. The molecule has 0 spiro atoms. The van der Waals surface area contributed by atoms with Crippen LogP contribution < -0.4 is 10.6 Å². The summed E-state index contributed by atoms with van der Waals surface area (Å²) in [4.78, 5) is 14.4. The highest BCUT2D eigenvalue weighted by molar-refractivity contribution is 5.81. The molecule has 0 radical (unpaired) electrons. The lowest BCUT2D eigenvalue weighted by molar-refractivity contribution is -0.137. The first-order valence-corrected chi connectivity index (χ1v) is 8.88. The smallest absolute Gasteiger partial charge is 0.366 e. The molecular weight excluding hydrogens is 347 g/mol. The molecule has 2 unspecified atom stereocenters. The predicted octanol–water partition coefficient (Wildman–Crippen LogP) is 2.19. The van der Waals surface area contributed by atoms with E-state index in [2.05, 4.69) is 15.5 Å². The number of likely N-dealkylation sites (N-methyl/N-ethyl adjacent to an activating group) is 1. The van der Waals surface area contributed by atoms with E-state index in [0.717, 1.165) is 37.3 Å². The quantitative estimate of drug-likeness (QED) is 0.769. The molecule has 26 heavy (non-hydrogen) atoms. The average Bonchev–Trinajstić information content (AvgIpc) is 2.65. The molecule has 1 aliphatic heterocycles. The highest BCUT2D eigenvalue weighted by Crippen LogP contribution is 2.30. The molecule has 1 heterocycles. The van der Waals surface area contributed by atoms with Crippen LogP contribution in [-0.2, 0) is 15.7 Å². The lowest BCUT2D eigenvalue weighted by Crippen LogP contribution is -2.49. The number of ether oxygens (including phenoxy) is 1. The number of alkyl halides is 3. The van der Waals surface area contributed by atoms with Crippen LogP contribution in [0.3, 0.4) is 0 Å². The van der Waals surface area contributed by atoms with Gasteiger partial charge >= 0.3 is 6.18 Å². The Morgan fingerprint density at radius 3 is 2.46 bits per heavy atom. The number of hydrogen-bond acceptors (Lipinski definition) is 4. The molecule has 1 aliphatic rings. The molecule has 1 aromatic carbocycles. The number of benzene rings is 1. The topological polar surface area (TPSA) is 53.6 Å². The zero-order chi connectivity index (χ0) is 19.2. The molecule has 146 valence electrons. The van der Waals surface area contributed by atoms with Gasteiger partial charge in [0.25, 0.3) is 5.91 Å². The van der Waals surface area contributed by atoms with Crippen molar-refractivity contribution in [2.45, 2.75) is 32.2 Å².